The molecule has 0 amide bonds. The zero-order valence-corrected chi connectivity index (χ0v) is 10.6. The highest BCUT2D eigenvalue weighted by atomic mass is 15.1. The molecule has 90 valence electrons. The van der Waals surface area contributed by atoms with Gasteiger partial charge in [-0.3, -0.25) is 0 Å². The maximum atomic E-state index is 3.21. The van der Waals surface area contributed by atoms with Gasteiger partial charge in [0.05, 0.1) is 6.54 Å². The molecule has 0 aliphatic heterocycles. The summed E-state index contributed by atoms with van der Waals surface area (Å²) in [5, 5.41) is 0. The molecule has 0 fully saturated rings. The van der Waals surface area contributed by atoms with Gasteiger partial charge in [0.25, 0.3) is 0 Å². The fourth-order valence-electron chi connectivity index (χ4n) is 1.81. The first-order chi connectivity index (χ1) is 8.92. The lowest BCUT2D eigenvalue weighted by Gasteiger charge is -2.22. The molecular formula is C17H17N. The van der Waals surface area contributed by atoms with E-state index in [9.17, 15) is 0 Å². The Morgan fingerprint density at radius 2 is 1.28 bits per heavy atom. The van der Waals surface area contributed by atoms with Crippen molar-refractivity contribution < 1.29 is 0 Å². The lowest BCUT2D eigenvalue weighted by Crippen LogP contribution is -2.16. The van der Waals surface area contributed by atoms with Crippen molar-refractivity contribution in [2.45, 2.75) is 13.3 Å². The summed E-state index contributed by atoms with van der Waals surface area (Å²) < 4.78 is 0. The summed E-state index contributed by atoms with van der Waals surface area (Å²) in [6, 6.07) is 20.7. The monoisotopic (exact) mass is 235 g/mol. The Bertz CT molecular complexity index is 480. The molecule has 0 unspecified atom stereocenters. The van der Waals surface area contributed by atoms with E-state index in [0.29, 0.717) is 0 Å². The second-order valence-corrected chi connectivity index (χ2v) is 3.96. The summed E-state index contributed by atoms with van der Waals surface area (Å²) in [7, 11) is 0. The number of anilines is 2. The highest BCUT2D eigenvalue weighted by Crippen LogP contribution is 2.23. The van der Waals surface area contributed by atoms with Crippen molar-refractivity contribution in [1.29, 1.82) is 0 Å². The molecule has 18 heavy (non-hydrogen) atoms. The van der Waals surface area contributed by atoms with Crippen molar-refractivity contribution >= 4 is 11.4 Å². The van der Waals surface area contributed by atoms with E-state index in [4.69, 9.17) is 0 Å². The zero-order chi connectivity index (χ0) is 12.6. The van der Waals surface area contributed by atoms with E-state index in [1.807, 2.05) is 12.1 Å². The van der Waals surface area contributed by atoms with Crippen molar-refractivity contribution in [2.24, 2.45) is 0 Å². The Hall–Kier alpha value is -2.20. The molecule has 0 saturated heterocycles. The van der Waals surface area contributed by atoms with Crippen molar-refractivity contribution in [3.63, 3.8) is 0 Å². The SMILES string of the molecule is CCC#CCN(c1ccccc1)c1ccccc1. The first kappa shape index (κ1) is 12.3. The minimum Gasteiger partial charge on any atom is -0.330 e. The molecule has 0 radical (unpaired) electrons. The second-order valence-electron chi connectivity index (χ2n) is 3.96. The topological polar surface area (TPSA) is 3.24 Å². The van der Waals surface area contributed by atoms with E-state index in [1.54, 1.807) is 0 Å². The molecule has 2 rings (SSSR count). The van der Waals surface area contributed by atoms with E-state index in [-0.39, 0.29) is 0 Å². The number of nitrogens with zero attached hydrogens (tertiary/aromatic N) is 1. The van der Waals surface area contributed by atoms with Crippen LogP contribution in [0.3, 0.4) is 0 Å². The molecule has 0 aromatic heterocycles. The predicted molar refractivity (Wildman–Crippen MR) is 78.0 cm³/mol. The first-order valence-electron chi connectivity index (χ1n) is 6.25. The normalized spacial score (nSPS) is 9.39. The number of para-hydroxylation sites is 2. The highest BCUT2D eigenvalue weighted by molar-refractivity contribution is 5.63. The van der Waals surface area contributed by atoms with Crippen LogP contribution < -0.4 is 4.90 Å². The third-order valence-electron chi connectivity index (χ3n) is 2.67. The number of hydrogen-bond donors (Lipinski definition) is 0. The summed E-state index contributed by atoms with van der Waals surface area (Å²) in [4.78, 5) is 2.22. The molecule has 0 aliphatic rings. The van der Waals surface area contributed by atoms with Crippen LogP contribution in [0.15, 0.2) is 60.7 Å². The molecule has 1 heteroatoms. The van der Waals surface area contributed by atoms with Gasteiger partial charge in [0.15, 0.2) is 0 Å². The van der Waals surface area contributed by atoms with Crippen molar-refractivity contribution in [1.82, 2.24) is 0 Å². The van der Waals surface area contributed by atoms with Crippen LogP contribution in [0.1, 0.15) is 13.3 Å². The van der Waals surface area contributed by atoms with Gasteiger partial charge in [-0.15, -0.1) is 5.92 Å². The number of hydrogen-bond acceptors (Lipinski definition) is 1. The molecule has 1 nitrogen and oxygen atoms in total. The maximum Gasteiger partial charge on any atom is 0.0843 e. The van der Waals surface area contributed by atoms with Gasteiger partial charge in [0.2, 0.25) is 0 Å². The fourth-order valence-corrected chi connectivity index (χ4v) is 1.81. The second kappa shape index (κ2) is 6.51. The van der Waals surface area contributed by atoms with Gasteiger partial charge < -0.3 is 4.90 Å². The number of benzene rings is 2. The molecule has 0 bridgehead atoms. The van der Waals surface area contributed by atoms with Gasteiger partial charge in [-0.1, -0.05) is 49.2 Å². The largest absolute Gasteiger partial charge is 0.330 e. The van der Waals surface area contributed by atoms with E-state index in [0.717, 1.165) is 13.0 Å². The van der Waals surface area contributed by atoms with Gasteiger partial charge in [0, 0.05) is 17.8 Å². The van der Waals surface area contributed by atoms with Crippen LogP contribution in [0.5, 0.6) is 0 Å². The first-order valence-corrected chi connectivity index (χ1v) is 6.25. The van der Waals surface area contributed by atoms with Gasteiger partial charge in [0.1, 0.15) is 0 Å². The average Bonchev–Trinajstić information content (AvgIpc) is 2.46. The van der Waals surface area contributed by atoms with Crippen LogP contribution in [-0.2, 0) is 0 Å². The van der Waals surface area contributed by atoms with Crippen molar-refractivity contribution in [3.8, 4) is 11.8 Å². The molecule has 2 aromatic carbocycles. The summed E-state index contributed by atoms with van der Waals surface area (Å²) in [5.41, 5.74) is 2.35. The van der Waals surface area contributed by atoms with E-state index < -0.39 is 0 Å². The van der Waals surface area contributed by atoms with E-state index >= 15 is 0 Å². The van der Waals surface area contributed by atoms with Gasteiger partial charge in [-0.05, 0) is 24.3 Å². The van der Waals surface area contributed by atoms with Crippen molar-refractivity contribution in [3.05, 3.63) is 60.7 Å². The Labute approximate surface area is 109 Å². The summed E-state index contributed by atoms with van der Waals surface area (Å²) >= 11 is 0. The third-order valence-corrected chi connectivity index (χ3v) is 2.67. The van der Waals surface area contributed by atoms with Crippen LogP contribution in [0.2, 0.25) is 0 Å². The highest BCUT2D eigenvalue weighted by Gasteiger charge is 2.06. The predicted octanol–water partition coefficient (Wildman–Crippen LogP) is 4.24. The Kier molecular flexibility index (Phi) is 4.44. The lowest BCUT2D eigenvalue weighted by atomic mass is 10.2. The molecule has 0 spiro atoms. The smallest absolute Gasteiger partial charge is 0.0843 e. The maximum absolute atomic E-state index is 3.21. The standard InChI is InChI=1S/C17H17N/c1-2-3-10-15-18(16-11-6-4-7-12-16)17-13-8-5-9-14-17/h4-9,11-14H,2,15H2,1H3. The molecule has 0 N–H and O–H groups in total. The number of rotatable bonds is 3. The van der Waals surface area contributed by atoms with Crippen molar-refractivity contribution in [2.75, 3.05) is 11.4 Å². The Morgan fingerprint density at radius 3 is 1.72 bits per heavy atom. The minimum atomic E-state index is 0.724. The van der Waals surface area contributed by atoms with Crippen LogP contribution in [-0.4, -0.2) is 6.54 Å². The van der Waals surface area contributed by atoms with Gasteiger partial charge in [-0.2, -0.15) is 0 Å². The van der Waals surface area contributed by atoms with Crippen LogP contribution >= 0.6 is 0 Å². The fraction of sp³-hybridized carbons (Fsp3) is 0.176. The Morgan fingerprint density at radius 1 is 0.778 bits per heavy atom. The van der Waals surface area contributed by atoms with Crippen LogP contribution in [0.4, 0.5) is 11.4 Å². The Balaban J connectivity index is 2.29. The molecular weight excluding hydrogens is 218 g/mol. The van der Waals surface area contributed by atoms with E-state index in [2.05, 4.69) is 72.2 Å². The summed E-state index contributed by atoms with van der Waals surface area (Å²) in [6.07, 6.45) is 0.900. The molecule has 0 aliphatic carbocycles. The summed E-state index contributed by atoms with van der Waals surface area (Å²) in [6.45, 7) is 2.80. The average molecular weight is 235 g/mol. The molecule has 2 aromatic rings. The quantitative estimate of drug-likeness (QED) is 0.719. The molecule has 0 saturated carbocycles. The third kappa shape index (κ3) is 3.15. The van der Waals surface area contributed by atoms with Crippen LogP contribution in [0, 0.1) is 11.8 Å². The van der Waals surface area contributed by atoms with Gasteiger partial charge in [-0.25, -0.2) is 0 Å². The van der Waals surface area contributed by atoms with Gasteiger partial charge >= 0.3 is 0 Å². The lowest BCUT2D eigenvalue weighted by molar-refractivity contribution is 1.12. The van der Waals surface area contributed by atoms with E-state index in [1.165, 1.54) is 11.4 Å². The molecule has 0 atom stereocenters. The van der Waals surface area contributed by atoms with Crippen LogP contribution in [0.25, 0.3) is 0 Å². The molecule has 0 heterocycles. The summed E-state index contributed by atoms with van der Waals surface area (Å²) in [5.74, 6) is 6.33. The zero-order valence-electron chi connectivity index (χ0n) is 10.6. The minimum absolute atomic E-state index is 0.724.